The van der Waals surface area contributed by atoms with E-state index in [2.05, 4.69) is 5.32 Å². The van der Waals surface area contributed by atoms with Crippen molar-refractivity contribution in [2.45, 2.75) is 44.7 Å². The van der Waals surface area contributed by atoms with E-state index < -0.39 is 28.5 Å². The van der Waals surface area contributed by atoms with Gasteiger partial charge in [0.1, 0.15) is 18.3 Å². The highest BCUT2D eigenvalue weighted by Gasteiger charge is 2.34. The number of nitrogens with zero attached hydrogens (tertiary/aromatic N) is 2. The summed E-state index contributed by atoms with van der Waals surface area (Å²) in [5, 5.41) is 3.31. The van der Waals surface area contributed by atoms with Crippen LogP contribution in [0, 0.1) is 12.8 Å². The molecule has 0 saturated carbocycles. The first-order valence-corrected chi connectivity index (χ1v) is 16.9. The summed E-state index contributed by atoms with van der Waals surface area (Å²) in [5.74, 6) is -0.110. The van der Waals surface area contributed by atoms with Crippen LogP contribution >= 0.6 is 11.6 Å². The van der Waals surface area contributed by atoms with Crippen LogP contribution in [0.2, 0.25) is 5.02 Å². The molecule has 4 rings (SSSR count). The molecule has 10 heteroatoms. The van der Waals surface area contributed by atoms with E-state index in [1.165, 1.54) is 23.1 Å². The minimum absolute atomic E-state index is 0.0285. The van der Waals surface area contributed by atoms with E-state index in [1.54, 1.807) is 49.6 Å². The second-order valence-corrected chi connectivity index (χ2v) is 13.8. The first kappa shape index (κ1) is 34.5. The second-order valence-electron chi connectivity index (χ2n) is 11.5. The molecule has 242 valence electrons. The summed E-state index contributed by atoms with van der Waals surface area (Å²) >= 11 is 6.30. The van der Waals surface area contributed by atoms with Gasteiger partial charge in [0.05, 0.1) is 17.7 Å². The summed E-state index contributed by atoms with van der Waals surface area (Å²) in [6.07, 6.45) is 0.225. The Kier molecular flexibility index (Phi) is 11.8. The maximum absolute atomic E-state index is 14.6. The summed E-state index contributed by atoms with van der Waals surface area (Å²) < 4.78 is 34.8. The largest absolute Gasteiger partial charge is 0.497 e. The molecule has 1 N–H and O–H groups in total. The van der Waals surface area contributed by atoms with Crippen molar-refractivity contribution in [3.63, 3.8) is 0 Å². The van der Waals surface area contributed by atoms with Crippen molar-refractivity contribution in [2.24, 2.45) is 5.92 Å². The van der Waals surface area contributed by atoms with Gasteiger partial charge >= 0.3 is 0 Å². The van der Waals surface area contributed by atoms with E-state index in [0.29, 0.717) is 17.3 Å². The molecule has 0 radical (unpaired) electrons. The number of benzene rings is 4. The van der Waals surface area contributed by atoms with E-state index in [1.807, 2.05) is 63.2 Å². The first-order valence-electron chi connectivity index (χ1n) is 15.1. The molecule has 0 bridgehead atoms. The van der Waals surface area contributed by atoms with Gasteiger partial charge in [-0.05, 0) is 66.4 Å². The van der Waals surface area contributed by atoms with E-state index >= 15 is 0 Å². The molecule has 1 atom stereocenters. The third-order valence-electron chi connectivity index (χ3n) is 7.43. The van der Waals surface area contributed by atoms with E-state index in [9.17, 15) is 18.0 Å². The lowest BCUT2D eigenvalue weighted by atomic mass is 10.0. The van der Waals surface area contributed by atoms with Gasteiger partial charge in [-0.15, -0.1) is 0 Å². The zero-order valence-electron chi connectivity index (χ0n) is 26.5. The third kappa shape index (κ3) is 9.11. The Hall–Kier alpha value is -4.34. The standard InChI is InChI=1S/C36H40ClN3O5S/c1-26(2)23-38-36(42)34(21-28-10-6-5-7-11-28)39(24-29-12-8-15-32(20-29)45-4)35(41)25-40(31-14-9-13-30(37)22-31)46(43,44)33-18-16-27(3)17-19-33/h5-20,22,26,34H,21,23-25H2,1-4H3,(H,38,42)/t34-/m0/s1. The number of aryl methyl sites for hydroxylation is 1. The molecule has 4 aromatic carbocycles. The Labute approximate surface area is 277 Å². The molecule has 8 nitrogen and oxygen atoms in total. The Bertz CT molecular complexity index is 1730. The van der Waals surface area contributed by atoms with Crippen LogP contribution in [0.4, 0.5) is 5.69 Å². The smallest absolute Gasteiger partial charge is 0.264 e. The molecule has 0 aromatic heterocycles. The summed E-state index contributed by atoms with van der Waals surface area (Å²) in [6, 6.07) is 28.5. The zero-order valence-corrected chi connectivity index (χ0v) is 28.1. The number of carbonyl (C=O) groups is 2. The number of hydrogen-bond acceptors (Lipinski definition) is 5. The SMILES string of the molecule is COc1cccc(CN(C(=O)CN(c2cccc(Cl)c2)S(=O)(=O)c2ccc(C)cc2)[C@@H](Cc2ccccc2)C(=O)NCC(C)C)c1. The number of ether oxygens (including phenoxy) is 1. The number of halogens is 1. The van der Waals surface area contributed by atoms with Crippen LogP contribution in [0.25, 0.3) is 0 Å². The lowest BCUT2D eigenvalue weighted by molar-refractivity contribution is -0.140. The van der Waals surface area contributed by atoms with Crippen molar-refractivity contribution in [3.8, 4) is 5.75 Å². The van der Waals surface area contributed by atoms with Crippen LogP contribution in [0.3, 0.4) is 0 Å². The van der Waals surface area contributed by atoms with Gasteiger partial charge < -0.3 is 15.0 Å². The fourth-order valence-electron chi connectivity index (χ4n) is 4.94. The van der Waals surface area contributed by atoms with Gasteiger partial charge in [0, 0.05) is 24.5 Å². The van der Waals surface area contributed by atoms with Gasteiger partial charge in [0.2, 0.25) is 11.8 Å². The number of rotatable bonds is 14. The molecule has 4 aromatic rings. The van der Waals surface area contributed by atoms with Gasteiger partial charge in [0.25, 0.3) is 10.0 Å². The number of methoxy groups -OCH3 is 1. The second kappa shape index (κ2) is 15.8. The molecule has 46 heavy (non-hydrogen) atoms. The highest BCUT2D eigenvalue weighted by atomic mass is 35.5. The van der Waals surface area contributed by atoms with Crippen molar-refractivity contribution >= 4 is 39.1 Å². The Morgan fingerprint density at radius 1 is 0.870 bits per heavy atom. The summed E-state index contributed by atoms with van der Waals surface area (Å²) in [7, 11) is -2.67. The van der Waals surface area contributed by atoms with Gasteiger partial charge in [-0.1, -0.05) is 91.7 Å². The molecule has 2 amide bonds. The molecule has 0 aliphatic rings. The molecule has 0 spiro atoms. The summed E-state index contributed by atoms with van der Waals surface area (Å²) in [5.41, 5.74) is 2.70. The van der Waals surface area contributed by atoms with Crippen molar-refractivity contribution in [3.05, 3.63) is 125 Å². The van der Waals surface area contributed by atoms with Gasteiger partial charge in [-0.2, -0.15) is 0 Å². The Morgan fingerprint density at radius 3 is 2.20 bits per heavy atom. The maximum Gasteiger partial charge on any atom is 0.264 e. The van der Waals surface area contributed by atoms with Crippen LogP contribution in [0.15, 0.2) is 108 Å². The average Bonchev–Trinajstić information content (AvgIpc) is 3.04. The van der Waals surface area contributed by atoms with Gasteiger partial charge in [-0.3, -0.25) is 13.9 Å². The van der Waals surface area contributed by atoms with E-state index in [0.717, 1.165) is 21.0 Å². The van der Waals surface area contributed by atoms with Crippen LogP contribution in [-0.2, 0) is 32.6 Å². The van der Waals surface area contributed by atoms with Crippen LogP contribution < -0.4 is 14.4 Å². The maximum atomic E-state index is 14.6. The third-order valence-corrected chi connectivity index (χ3v) is 9.45. The number of anilines is 1. The molecular weight excluding hydrogens is 622 g/mol. The minimum Gasteiger partial charge on any atom is -0.497 e. The van der Waals surface area contributed by atoms with Crippen LogP contribution in [0.5, 0.6) is 5.75 Å². The van der Waals surface area contributed by atoms with Crippen molar-refractivity contribution in [2.75, 3.05) is 24.5 Å². The van der Waals surface area contributed by atoms with E-state index in [4.69, 9.17) is 16.3 Å². The van der Waals surface area contributed by atoms with Gasteiger partial charge in [-0.25, -0.2) is 8.42 Å². The highest BCUT2D eigenvalue weighted by Crippen LogP contribution is 2.27. The number of nitrogens with one attached hydrogen (secondary N) is 1. The predicted octanol–water partition coefficient (Wildman–Crippen LogP) is 6.26. The molecule has 0 heterocycles. The number of amides is 2. The quantitative estimate of drug-likeness (QED) is 0.172. The van der Waals surface area contributed by atoms with Gasteiger partial charge in [0.15, 0.2) is 0 Å². The molecule has 0 aliphatic heterocycles. The van der Waals surface area contributed by atoms with Crippen molar-refractivity contribution in [1.82, 2.24) is 10.2 Å². The molecule has 0 unspecified atom stereocenters. The fraction of sp³-hybridized carbons (Fsp3) is 0.278. The number of sulfonamides is 1. The zero-order chi connectivity index (χ0) is 33.3. The molecule has 0 fully saturated rings. The molecule has 0 aliphatic carbocycles. The predicted molar refractivity (Wildman–Crippen MR) is 182 cm³/mol. The van der Waals surface area contributed by atoms with Crippen LogP contribution in [-0.4, -0.2) is 51.4 Å². The Morgan fingerprint density at radius 2 is 1.54 bits per heavy atom. The normalized spacial score (nSPS) is 12.0. The number of carbonyl (C=O) groups excluding carboxylic acids is 2. The van der Waals surface area contributed by atoms with Crippen LogP contribution in [0.1, 0.15) is 30.5 Å². The Balaban J connectivity index is 1.81. The van der Waals surface area contributed by atoms with E-state index in [-0.39, 0.29) is 35.4 Å². The average molecular weight is 662 g/mol. The first-order chi connectivity index (χ1) is 22.0. The highest BCUT2D eigenvalue weighted by molar-refractivity contribution is 7.92. The fourth-order valence-corrected chi connectivity index (χ4v) is 6.53. The lowest BCUT2D eigenvalue weighted by Gasteiger charge is -2.34. The monoisotopic (exact) mass is 661 g/mol. The summed E-state index contributed by atoms with van der Waals surface area (Å²) in [4.78, 5) is 29.9. The topological polar surface area (TPSA) is 96.0 Å². The molecular formula is C36H40ClN3O5S. The van der Waals surface area contributed by atoms with Crippen molar-refractivity contribution < 1.29 is 22.7 Å². The molecule has 0 saturated heterocycles. The van der Waals surface area contributed by atoms with Crippen molar-refractivity contribution in [1.29, 1.82) is 0 Å². The summed E-state index contributed by atoms with van der Waals surface area (Å²) in [6.45, 7) is 5.73. The minimum atomic E-state index is -4.22. The lowest BCUT2D eigenvalue weighted by Crippen LogP contribution is -2.53. The number of hydrogen-bond donors (Lipinski definition) is 1.